The van der Waals surface area contributed by atoms with Gasteiger partial charge in [-0.15, -0.1) is 0 Å². The molecule has 1 aliphatic rings. The molecule has 0 radical (unpaired) electrons. The summed E-state index contributed by atoms with van der Waals surface area (Å²) in [6.07, 6.45) is 1.35. The van der Waals surface area contributed by atoms with Gasteiger partial charge in [-0.3, -0.25) is 0 Å². The first-order chi connectivity index (χ1) is 8.30. The van der Waals surface area contributed by atoms with Crippen molar-refractivity contribution in [2.75, 3.05) is 6.54 Å². The first-order valence-corrected chi connectivity index (χ1v) is 7.09. The van der Waals surface area contributed by atoms with Gasteiger partial charge in [0.1, 0.15) is 0 Å². The van der Waals surface area contributed by atoms with Gasteiger partial charge in [-0.1, -0.05) is 44.2 Å². The highest BCUT2D eigenvalue weighted by Crippen LogP contribution is 2.56. The maximum atomic E-state index is 3.66. The molecule has 1 saturated carbocycles. The molecule has 2 unspecified atom stereocenters. The lowest BCUT2D eigenvalue weighted by molar-refractivity contribution is 0.252. The summed E-state index contributed by atoms with van der Waals surface area (Å²) < 4.78 is 0. The Morgan fingerprint density at radius 3 is 2.22 bits per heavy atom. The van der Waals surface area contributed by atoms with Crippen LogP contribution in [-0.2, 0) is 0 Å². The molecule has 1 aliphatic carbocycles. The Bertz CT molecular complexity index is 386. The van der Waals surface area contributed by atoms with E-state index in [1.165, 1.54) is 12.0 Å². The Labute approximate surface area is 112 Å². The van der Waals surface area contributed by atoms with Crippen LogP contribution >= 0.6 is 0 Å². The average molecular weight is 245 g/mol. The van der Waals surface area contributed by atoms with Crippen LogP contribution in [0.15, 0.2) is 30.3 Å². The van der Waals surface area contributed by atoms with Gasteiger partial charge in [0.2, 0.25) is 0 Å². The third-order valence-electron chi connectivity index (χ3n) is 4.10. The first-order valence-electron chi connectivity index (χ1n) is 7.09. The van der Waals surface area contributed by atoms with E-state index < -0.39 is 0 Å². The van der Waals surface area contributed by atoms with Crippen LogP contribution in [0.2, 0.25) is 0 Å². The van der Waals surface area contributed by atoms with Crippen molar-refractivity contribution in [2.45, 2.75) is 52.5 Å². The molecule has 0 aliphatic heterocycles. The highest BCUT2D eigenvalue weighted by molar-refractivity contribution is 5.27. The van der Waals surface area contributed by atoms with E-state index in [4.69, 9.17) is 0 Å². The van der Waals surface area contributed by atoms with E-state index in [2.05, 4.69) is 70.3 Å². The predicted molar refractivity (Wildman–Crippen MR) is 78.8 cm³/mol. The van der Waals surface area contributed by atoms with Gasteiger partial charge in [0.15, 0.2) is 0 Å². The second-order valence-electron chi connectivity index (χ2n) is 7.45. The summed E-state index contributed by atoms with van der Waals surface area (Å²) in [6.45, 7) is 12.6. The molecule has 0 heterocycles. The van der Waals surface area contributed by atoms with Crippen molar-refractivity contribution in [1.29, 1.82) is 0 Å². The van der Waals surface area contributed by atoms with Crippen LogP contribution in [0.4, 0.5) is 0 Å². The maximum Gasteiger partial charge on any atom is 0.00967 e. The molecule has 100 valence electrons. The molecule has 1 N–H and O–H groups in total. The van der Waals surface area contributed by atoms with E-state index in [0.29, 0.717) is 5.41 Å². The minimum atomic E-state index is 0.217. The monoisotopic (exact) mass is 245 g/mol. The van der Waals surface area contributed by atoms with Gasteiger partial charge in [-0.2, -0.15) is 0 Å². The zero-order valence-electron chi connectivity index (χ0n) is 12.5. The molecular formula is C17H27N. The van der Waals surface area contributed by atoms with E-state index >= 15 is 0 Å². The van der Waals surface area contributed by atoms with Crippen molar-refractivity contribution in [2.24, 2.45) is 11.3 Å². The van der Waals surface area contributed by atoms with Crippen LogP contribution in [0, 0.1) is 11.3 Å². The van der Waals surface area contributed by atoms with Crippen LogP contribution in [0.1, 0.15) is 52.5 Å². The largest absolute Gasteiger partial charge is 0.312 e. The molecule has 2 rings (SSSR count). The van der Waals surface area contributed by atoms with Crippen molar-refractivity contribution in [3.05, 3.63) is 35.9 Å². The summed E-state index contributed by atoms with van der Waals surface area (Å²) in [5, 5.41) is 3.66. The lowest BCUT2D eigenvalue weighted by Crippen LogP contribution is -2.42. The standard InChI is InChI=1S/C17H27N/c1-16(2,3)18-12-17(4,5)15-11-14(15)13-9-7-6-8-10-13/h6-10,14-15,18H,11-12H2,1-5H3. The van der Waals surface area contributed by atoms with E-state index in [9.17, 15) is 0 Å². The Balaban J connectivity index is 1.94. The fourth-order valence-electron chi connectivity index (χ4n) is 2.75. The molecule has 1 aromatic rings. The summed E-state index contributed by atoms with van der Waals surface area (Å²) in [6, 6.07) is 11.0. The van der Waals surface area contributed by atoms with Crippen molar-refractivity contribution in [3.8, 4) is 0 Å². The third kappa shape index (κ3) is 3.35. The minimum Gasteiger partial charge on any atom is -0.312 e. The number of nitrogens with one attached hydrogen (secondary N) is 1. The Morgan fingerprint density at radius 2 is 1.67 bits per heavy atom. The van der Waals surface area contributed by atoms with Crippen LogP contribution in [-0.4, -0.2) is 12.1 Å². The lowest BCUT2D eigenvalue weighted by Gasteiger charge is -2.31. The topological polar surface area (TPSA) is 12.0 Å². The van der Waals surface area contributed by atoms with Crippen LogP contribution in [0.3, 0.4) is 0 Å². The first kappa shape index (κ1) is 13.6. The lowest BCUT2D eigenvalue weighted by atomic mass is 9.84. The predicted octanol–water partition coefficient (Wildman–Crippen LogP) is 4.20. The zero-order valence-corrected chi connectivity index (χ0v) is 12.5. The second-order valence-corrected chi connectivity index (χ2v) is 7.45. The molecule has 1 nitrogen and oxygen atoms in total. The zero-order chi connectivity index (χ0) is 13.4. The van der Waals surface area contributed by atoms with Gasteiger partial charge in [-0.05, 0) is 50.0 Å². The summed E-state index contributed by atoms with van der Waals surface area (Å²) in [5.74, 6) is 1.61. The third-order valence-corrected chi connectivity index (χ3v) is 4.10. The minimum absolute atomic E-state index is 0.217. The van der Waals surface area contributed by atoms with E-state index in [0.717, 1.165) is 18.4 Å². The highest BCUT2D eigenvalue weighted by atomic mass is 15.0. The molecule has 1 fully saturated rings. The second kappa shape index (κ2) is 4.70. The molecule has 0 amide bonds. The molecule has 0 aromatic heterocycles. The summed E-state index contributed by atoms with van der Waals surface area (Å²) >= 11 is 0. The molecule has 0 bridgehead atoms. The number of hydrogen-bond acceptors (Lipinski definition) is 1. The van der Waals surface area contributed by atoms with Gasteiger partial charge in [0, 0.05) is 12.1 Å². The van der Waals surface area contributed by atoms with Gasteiger partial charge in [0.25, 0.3) is 0 Å². The van der Waals surface area contributed by atoms with Crippen LogP contribution in [0.25, 0.3) is 0 Å². The normalized spacial score (nSPS) is 24.1. The highest BCUT2D eigenvalue weighted by Gasteiger charge is 2.47. The quantitative estimate of drug-likeness (QED) is 0.838. The van der Waals surface area contributed by atoms with Gasteiger partial charge < -0.3 is 5.32 Å². The SMILES string of the molecule is CC(C)(C)NCC(C)(C)C1CC1c1ccccc1. The summed E-state index contributed by atoms with van der Waals surface area (Å²) in [5.41, 5.74) is 2.12. The molecule has 0 spiro atoms. The molecule has 1 aromatic carbocycles. The fraction of sp³-hybridized carbons (Fsp3) is 0.647. The van der Waals surface area contributed by atoms with Crippen molar-refractivity contribution in [3.63, 3.8) is 0 Å². The molecular weight excluding hydrogens is 218 g/mol. The van der Waals surface area contributed by atoms with Gasteiger partial charge in [0.05, 0.1) is 0 Å². The Hall–Kier alpha value is -0.820. The molecule has 18 heavy (non-hydrogen) atoms. The fourth-order valence-corrected chi connectivity index (χ4v) is 2.75. The number of rotatable bonds is 4. The van der Waals surface area contributed by atoms with Crippen LogP contribution in [0.5, 0.6) is 0 Å². The number of hydrogen-bond donors (Lipinski definition) is 1. The summed E-state index contributed by atoms with van der Waals surface area (Å²) in [4.78, 5) is 0. The Morgan fingerprint density at radius 1 is 1.06 bits per heavy atom. The molecule has 0 saturated heterocycles. The van der Waals surface area contributed by atoms with E-state index in [1.807, 2.05) is 0 Å². The van der Waals surface area contributed by atoms with Gasteiger partial charge >= 0.3 is 0 Å². The van der Waals surface area contributed by atoms with Crippen LogP contribution < -0.4 is 5.32 Å². The Kier molecular flexibility index (Phi) is 3.55. The molecule has 1 heteroatoms. The van der Waals surface area contributed by atoms with Gasteiger partial charge in [-0.25, -0.2) is 0 Å². The van der Waals surface area contributed by atoms with Crippen molar-refractivity contribution >= 4 is 0 Å². The van der Waals surface area contributed by atoms with E-state index in [-0.39, 0.29) is 5.54 Å². The smallest absolute Gasteiger partial charge is 0.00967 e. The van der Waals surface area contributed by atoms with Crippen molar-refractivity contribution < 1.29 is 0 Å². The van der Waals surface area contributed by atoms with Crippen molar-refractivity contribution in [1.82, 2.24) is 5.32 Å². The molecule has 2 atom stereocenters. The average Bonchev–Trinajstić information content (AvgIpc) is 3.07. The van der Waals surface area contributed by atoms with E-state index in [1.54, 1.807) is 0 Å². The number of benzene rings is 1. The summed E-state index contributed by atoms with van der Waals surface area (Å²) in [7, 11) is 0. The maximum absolute atomic E-state index is 3.66.